The third-order valence-corrected chi connectivity index (χ3v) is 4.11. The van der Waals surface area contributed by atoms with Crippen LogP contribution < -0.4 is 5.32 Å². The second kappa shape index (κ2) is 6.66. The molecule has 2 rings (SSSR count). The zero-order valence-electron chi connectivity index (χ0n) is 10.9. The van der Waals surface area contributed by atoms with Crippen molar-refractivity contribution in [1.82, 2.24) is 5.32 Å². The van der Waals surface area contributed by atoms with Gasteiger partial charge in [-0.05, 0) is 36.5 Å². The number of methoxy groups -OCH3 is 2. The minimum absolute atomic E-state index is 0.142. The fourth-order valence-corrected chi connectivity index (χ4v) is 2.58. The maximum atomic E-state index is 5.15. The normalized spacial score (nSPS) is 23.1. The quantitative estimate of drug-likeness (QED) is 0.819. The van der Waals surface area contributed by atoms with E-state index in [4.69, 9.17) is 9.47 Å². The van der Waals surface area contributed by atoms with Gasteiger partial charge < -0.3 is 14.8 Å². The average Bonchev–Trinajstić information content (AvgIpc) is 2.34. The zero-order valence-corrected chi connectivity index (χ0v) is 12.4. The number of hydrogen-bond donors (Lipinski definition) is 1. The highest BCUT2D eigenvalue weighted by Gasteiger charge is 2.30. The van der Waals surface area contributed by atoms with E-state index in [9.17, 15) is 0 Å². The van der Waals surface area contributed by atoms with Gasteiger partial charge in [-0.25, -0.2) is 0 Å². The third kappa shape index (κ3) is 3.54. The van der Waals surface area contributed by atoms with Crippen molar-refractivity contribution >= 4 is 15.9 Å². The van der Waals surface area contributed by atoms with Crippen LogP contribution in [0.5, 0.6) is 0 Å². The highest BCUT2D eigenvalue weighted by Crippen LogP contribution is 2.37. The lowest BCUT2D eigenvalue weighted by atomic mass is 9.76. The Morgan fingerprint density at radius 3 is 2.39 bits per heavy atom. The molecular weight excluding hydrogens is 294 g/mol. The average molecular weight is 314 g/mol. The van der Waals surface area contributed by atoms with Crippen LogP contribution in [0.4, 0.5) is 0 Å². The summed E-state index contributed by atoms with van der Waals surface area (Å²) >= 11 is 3.46. The van der Waals surface area contributed by atoms with Crippen LogP contribution in [0.1, 0.15) is 24.3 Å². The number of rotatable bonds is 6. The van der Waals surface area contributed by atoms with Gasteiger partial charge in [0.1, 0.15) is 0 Å². The molecule has 1 fully saturated rings. The second-order valence-corrected chi connectivity index (χ2v) is 5.64. The van der Waals surface area contributed by atoms with Gasteiger partial charge in [0.05, 0.1) is 0 Å². The maximum absolute atomic E-state index is 5.15. The molecule has 0 atom stereocenters. The topological polar surface area (TPSA) is 30.5 Å². The Morgan fingerprint density at radius 1 is 1.22 bits per heavy atom. The van der Waals surface area contributed by atoms with Crippen LogP contribution in [0, 0.1) is 0 Å². The van der Waals surface area contributed by atoms with Crippen molar-refractivity contribution in [2.24, 2.45) is 0 Å². The Bertz CT molecular complexity index is 359. The Kier molecular flexibility index (Phi) is 5.18. The van der Waals surface area contributed by atoms with Crippen LogP contribution in [-0.2, 0) is 9.47 Å². The van der Waals surface area contributed by atoms with Crippen LogP contribution in [0.3, 0.4) is 0 Å². The first kappa shape index (κ1) is 14.0. The van der Waals surface area contributed by atoms with Crippen molar-refractivity contribution < 1.29 is 9.47 Å². The standard InChI is InChI=1S/C14H20BrNO2/c1-17-14(18-2)9-16-13-7-11(8-13)10-3-5-12(15)6-4-10/h3-6,11,13-14,16H,7-9H2,1-2H3. The fraction of sp³-hybridized carbons (Fsp3) is 0.571. The minimum Gasteiger partial charge on any atom is -0.355 e. The Labute approximate surface area is 117 Å². The number of nitrogens with one attached hydrogen (secondary N) is 1. The first-order valence-corrected chi connectivity index (χ1v) is 7.06. The Morgan fingerprint density at radius 2 is 1.83 bits per heavy atom. The maximum Gasteiger partial charge on any atom is 0.169 e. The van der Waals surface area contributed by atoms with E-state index in [2.05, 4.69) is 45.5 Å². The molecule has 1 aromatic carbocycles. The molecule has 1 aliphatic carbocycles. The van der Waals surface area contributed by atoms with Crippen molar-refractivity contribution in [2.45, 2.75) is 31.1 Å². The van der Waals surface area contributed by atoms with E-state index < -0.39 is 0 Å². The van der Waals surface area contributed by atoms with Gasteiger partial charge >= 0.3 is 0 Å². The first-order valence-electron chi connectivity index (χ1n) is 6.27. The molecule has 0 amide bonds. The lowest BCUT2D eigenvalue weighted by Crippen LogP contribution is -2.44. The van der Waals surface area contributed by atoms with E-state index >= 15 is 0 Å². The van der Waals surface area contributed by atoms with Crippen LogP contribution in [0.2, 0.25) is 0 Å². The highest BCUT2D eigenvalue weighted by molar-refractivity contribution is 9.10. The lowest BCUT2D eigenvalue weighted by molar-refractivity contribution is -0.101. The van der Waals surface area contributed by atoms with E-state index in [-0.39, 0.29) is 6.29 Å². The highest BCUT2D eigenvalue weighted by atomic mass is 79.9. The van der Waals surface area contributed by atoms with Gasteiger partial charge in [0.15, 0.2) is 6.29 Å². The van der Waals surface area contributed by atoms with Crippen molar-refractivity contribution in [1.29, 1.82) is 0 Å². The molecule has 3 nitrogen and oxygen atoms in total. The fourth-order valence-electron chi connectivity index (χ4n) is 2.32. The van der Waals surface area contributed by atoms with Crippen LogP contribution in [0.15, 0.2) is 28.7 Å². The summed E-state index contributed by atoms with van der Waals surface area (Å²) in [6, 6.07) is 9.23. The van der Waals surface area contributed by atoms with Gasteiger partial charge in [0, 0.05) is 31.3 Å². The van der Waals surface area contributed by atoms with Gasteiger partial charge in [-0.2, -0.15) is 0 Å². The lowest BCUT2D eigenvalue weighted by Gasteiger charge is -2.37. The molecule has 0 bridgehead atoms. The predicted molar refractivity (Wildman–Crippen MR) is 75.7 cm³/mol. The van der Waals surface area contributed by atoms with Crippen LogP contribution in [-0.4, -0.2) is 33.1 Å². The summed E-state index contributed by atoms with van der Waals surface area (Å²) in [5.74, 6) is 0.694. The SMILES string of the molecule is COC(CNC1CC(c2ccc(Br)cc2)C1)OC. The molecule has 1 saturated carbocycles. The molecule has 0 heterocycles. The molecule has 0 aromatic heterocycles. The smallest absolute Gasteiger partial charge is 0.169 e. The first-order chi connectivity index (χ1) is 8.72. The summed E-state index contributed by atoms with van der Waals surface area (Å²) in [4.78, 5) is 0. The Balaban J connectivity index is 1.72. The van der Waals surface area contributed by atoms with Crippen molar-refractivity contribution in [3.05, 3.63) is 34.3 Å². The number of hydrogen-bond acceptors (Lipinski definition) is 3. The van der Waals surface area contributed by atoms with Crippen LogP contribution in [0.25, 0.3) is 0 Å². The summed E-state index contributed by atoms with van der Waals surface area (Å²) in [6.07, 6.45) is 2.25. The van der Waals surface area contributed by atoms with Gasteiger partial charge in [-0.1, -0.05) is 28.1 Å². The minimum atomic E-state index is -0.142. The van der Waals surface area contributed by atoms with Gasteiger partial charge in [0.2, 0.25) is 0 Å². The second-order valence-electron chi connectivity index (χ2n) is 4.73. The number of ether oxygens (including phenoxy) is 2. The molecule has 18 heavy (non-hydrogen) atoms. The van der Waals surface area contributed by atoms with E-state index in [0.717, 1.165) is 11.0 Å². The number of halogens is 1. The third-order valence-electron chi connectivity index (χ3n) is 3.58. The molecule has 1 N–H and O–H groups in total. The summed E-state index contributed by atoms with van der Waals surface area (Å²) in [5, 5.41) is 3.47. The summed E-state index contributed by atoms with van der Waals surface area (Å²) in [7, 11) is 3.34. The number of benzene rings is 1. The van der Waals surface area contributed by atoms with Crippen molar-refractivity contribution in [2.75, 3.05) is 20.8 Å². The summed E-state index contributed by atoms with van der Waals surface area (Å²) in [6.45, 7) is 0.755. The summed E-state index contributed by atoms with van der Waals surface area (Å²) in [5.41, 5.74) is 1.44. The molecule has 0 unspecified atom stereocenters. The van der Waals surface area contributed by atoms with Gasteiger partial charge in [-0.3, -0.25) is 0 Å². The van der Waals surface area contributed by atoms with E-state index in [0.29, 0.717) is 12.0 Å². The molecule has 0 saturated heterocycles. The monoisotopic (exact) mass is 313 g/mol. The molecule has 0 spiro atoms. The molecule has 1 aromatic rings. The molecule has 0 radical (unpaired) electrons. The summed E-state index contributed by atoms with van der Waals surface area (Å²) < 4.78 is 11.4. The van der Waals surface area contributed by atoms with Crippen molar-refractivity contribution in [3.8, 4) is 0 Å². The zero-order chi connectivity index (χ0) is 13.0. The van der Waals surface area contributed by atoms with Crippen LogP contribution >= 0.6 is 15.9 Å². The molecular formula is C14H20BrNO2. The van der Waals surface area contributed by atoms with E-state index in [1.165, 1.54) is 18.4 Å². The van der Waals surface area contributed by atoms with Gasteiger partial charge in [0.25, 0.3) is 0 Å². The molecule has 0 aliphatic heterocycles. The molecule has 4 heteroatoms. The molecule has 1 aliphatic rings. The predicted octanol–water partition coefficient (Wildman–Crippen LogP) is 2.90. The Hall–Kier alpha value is -0.420. The van der Waals surface area contributed by atoms with E-state index in [1.807, 2.05) is 0 Å². The van der Waals surface area contributed by atoms with Gasteiger partial charge in [-0.15, -0.1) is 0 Å². The molecule has 100 valence electrons. The van der Waals surface area contributed by atoms with E-state index in [1.54, 1.807) is 14.2 Å². The van der Waals surface area contributed by atoms with Crippen molar-refractivity contribution in [3.63, 3.8) is 0 Å². The largest absolute Gasteiger partial charge is 0.355 e.